The largest absolute Gasteiger partial charge is 0.464 e. The average molecular weight is 296 g/mol. The number of carbonyl (C=O) groups excluding carboxylic acids is 2. The van der Waals surface area contributed by atoms with Crippen molar-refractivity contribution in [2.45, 2.75) is 6.92 Å². The lowest BCUT2D eigenvalue weighted by Crippen LogP contribution is -2.32. The molecule has 9 heteroatoms. The molecule has 0 bridgehead atoms. The zero-order valence-corrected chi connectivity index (χ0v) is 12.0. The summed E-state index contributed by atoms with van der Waals surface area (Å²) in [7, 11) is 2.79. The van der Waals surface area contributed by atoms with Gasteiger partial charge in [-0.2, -0.15) is 0 Å². The van der Waals surface area contributed by atoms with Gasteiger partial charge in [0.15, 0.2) is 5.69 Å². The minimum atomic E-state index is -0.718. The molecule has 0 fully saturated rings. The summed E-state index contributed by atoms with van der Waals surface area (Å²) in [5.41, 5.74) is -0.406. The van der Waals surface area contributed by atoms with Crippen molar-refractivity contribution in [3.63, 3.8) is 0 Å². The van der Waals surface area contributed by atoms with Gasteiger partial charge in [0.2, 0.25) is 11.7 Å². The molecule has 0 unspecified atom stereocenters. The highest BCUT2D eigenvalue weighted by molar-refractivity contribution is 5.88. The second-order valence-electron chi connectivity index (χ2n) is 4.07. The number of ether oxygens (including phenoxy) is 1. The van der Waals surface area contributed by atoms with E-state index in [1.807, 2.05) is 0 Å². The number of nitrogens with zero attached hydrogens (tertiary/aromatic N) is 3. The summed E-state index contributed by atoms with van der Waals surface area (Å²) in [6.45, 7) is 2.15. The molecule has 0 aromatic carbocycles. The first kappa shape index (κ1) is 16.3. The van der Waals surface area contributed by atoms with Crippen LogP contribution >= 0.6 is 0 Å². The van der Waals surface area contributed by atoms with Gasteiger partial charge in [-0.05, 0) is 13.0 Å². The van der Waals surface area contributed by atoms with Crippen LogP contribution in [0.3, 0.4) is 0 Å². The first-order valence-electron chi connectivity index (χ1n) is 6.12. The van der Waals surface area contributed by atoms with Crippen LogP contribution in [0.15, 0.2) is 12.1 Å². The molecule has 0 aliphatic rings. The summed E-state index contributed by atoms with van der Waals surface area (Å²) >= 11 is 0. The molecule has 1 heterocycles. The van der Waals surface area contributed by atoms with Crippen molar-refractivity contribution >= 4 is 23.4 Å². The monoisotopic (exact) mass is 296 g/mol. The number of carbonyl (C=O) groups is 2. The molecule has 0 spiro atoms. The number of pyridine rings is 1. The number of hydrogen-bond donors (Lipinski definition) is 1. The maximum Gasteiger partial charge on any atom is 0.356 e. The number of rotatable bonds is 6. The minimum absolute atomic E-state index is 0.0816. The molecule has 1 aromatic rings. The van der Waals surface area contributed by atoms with E-state index < -0.39 is 10.9 Å². The molecule has 0 saturated heterocycles. The van der Waals surface area contributed by atoms with Crippen molar-refractivity contribution in [3.8, 4) is 0 Å². The second-order valence-corrected chi connectivity index (χ2v) is 4.07. The molecule has 0 radical (unpaired) electrons. The average Bonchev–Trinajstić information content (AvgIpc) is 2.50. The van der Waals surface area contributed by atoms with E-state index >= 15 is 0 Å². The van der Waals surface area contributed by atoms with Gasteiger partial charge in [-0.3, -0.25) is 14.9 Å². The molecule has 0 aliphatic carbocycles. The number of esters is 1. The van der Waals surface area contributed by atoms with Gasteiger partial charge in [-0.15, -0.1) is 0 Å². The van der Waals surface area contributed by atoms with Gasteiger partial charge >= 0.3 is 11.7 Å². The fraction of sp³-hybridized carbons (Fsp3) is 0.417. The fourth-order valence-electron chi connectivity index (χ4n) is 1.42. The van der Waals surface area contributed by atoms with Crippen LogP contribution in [0.5, 0.6) is 0 Å². The van der Waals surface area contributed by atoms with Gasteiger partial charge in [0.25, 0.3) is 0 Å². The highest BCUT2D eigenvalue weighted by atomic mass is 16.6. The normalized spacial score (nSPS) is 9.86. The van der Waals surface area contributed by atoms with Crippen molar-refractivity contribution in [3.05, 3.63) is 27.9 Å². The van der Waals surface area contributed by atoms with Crippen LogP contribution in [-0.4, -0.2) is 53.9 Å². The third kappa shape index (κ3) is 4.13. The Labute approximate surface area is 121 Å². The fourth-order valence-corrected chi connectivity index (χ4v) is 1.42. The van der Waals surface area contributed by atoms with Crippen molar-refractivity contribution in [1.82, 2.24) is 9.88 Å². The molecular formula is C12H16N4O5. The predicted molar refractivity (Wildman–Crippen MR) is 74.0 cm³/mol. The lowest BCUT2D eigenvalue weighted by atomic mass is 10.3. The molecule has 1 amide bonds. The van der Waals surface area contributed by atoms with Gasteiger partial charge in [0.05, 0.1) is 18.6 Å². The number of likely N-dealkylation sites (N-methyl/N-ethyl adjacent to an activating group) is 1. The first-order chi connectivity index (χ1) is 9.90. The Morgan fingerprint density at radius 1 is 1.48 bits per heavy atom. The number of hydrogen-bond acceptors (Lipinski definition) is 7. The zero-order chi connectivity index (χ0) is 16.0. The van der Waals surface area contributed by atoms with E-state index in [-0.39, 0.29) is 29.7 Å². The summed E-state index contributed by atoms with van der Waals surface area (Å²) in [4.78, 5) is 38.6. The van der Waals surface area contributed by atoms with Crippen LogP contribution in [-0.2, 0) is 9.53 Å². The molecule has 114 valence electrons. The lowest BCUT2D eigenvalue weighted by Gasteiger charge is -2.15. The lowest BCUT2D eigenvalue weighted by molar-refractivity contribution is -0.384. The number of amides is 1. The van der Waals surface area contributed by atoms with Crippen LogP contribution < -0.4 is 5.32 Å². The van der Waals surface area contributed by atoms with E-state index in [0.717, 1.165) is 6.07 Å². The summed E-state index contributed by atoms with van der Waals surface area (Å²) < 4.78 is 4.50. The molecule has 0 saturated carbocycles. The summed E-state index contributed by atoms with van der Waals surface area (Å²) in [5, 5.41) is 13.5. The molecule has 21 heavy (non-hydrogen) atoms. The third-order valence-corrected chi connectivity index (χ3v) is 2.77. The molecule has 9 nitrogen and oxygen atoms in total. The maximum absolute atomic E-state index is 11.7. The van der Waals surface area contributed by atoms with Crippen molar-refractivity contribution in [1.29, 1.82) is 0 Å². The van der Waals surface area contributed by atoms with Gasteiger partial charge in [-0.1, -0.05) is 0 Å². The quantitative estimate of drug-likeness (QED) is 0.466. The van der Waals surface area contributed by atoms with E-state index in [9.17, 15) is 19.7 Å². The number of anilines is 1. The van der Waals surface area contributed by atoms with E-state index in [2.05, 4.69) is 15.0 Å². The van der Waals surface area contributed by atoms with Crippen molar-refractivity contribution < 1.29 is 19.2 Å². The first-order valence-corrected chi connectivity index (χ1v) is 6.12. The van der Waals surface area contributed by atoms with Gasteiger partial charge < -0.3 is 15.0 Å². The molecule has 0 atom stereocenters. The van der Waals surface area contributed by atoms with Crippen LogP contribution in [0.25, 0.3) is 0 Å². The second kappa shape index (κ2) is 7.17. The summed E-state index contributed by atoms with van der Waals surface area (Å²) in [6.07, 6.45) is 0. The molecule has 1 rings (SSSR count). The number of nitro groups is 1. The van der Waals surface area contributed by atoms with E-state index in [1.165, 1.54) is 18.1 Å². The van der Waals surface area contributed by atoms with E-state index in [1.54, 1.807) is 14.0 Å². The highest BCUT2D eigenvalue weighted by Crippen LogP contribution is 2.22. The van der Waals surface area contributed by atoms with E-state index in [4.69, 9.17) is 0 Å². The molecule has 1 N–H and O–H groups in total. The Bertz CT molecular complexity index is 561. The van der Waals surface area contributed by atoms with Crippen LogP contribution in [0.4, 0.5) is 11.5 Å². The Morgan fingerprint density at radius 2 is 2.14 bits per heavy atom. The van der Waals surface area contributed by atoms with Gasteiger partial charge in [0, 0.05) is 19.7 Å². The SMILES string of the molecule is CCN(C)C(=O)CNc1nc(C(=O)OC)ccc1[N+](=O)[O-]. The molecule has 1 aromatic heterocycles. The van der Waals surface area contributed by atoms with Crippen LogP contribution in [0.2, 0.25) is 0 Å². The maximum atomic E-state index is 11.7. The Kier molecular flexibility index (Phi) is 5.58. The third-order valence-electron chi connectivity index (χ3n) is 2.77. The van der Waals surface area contributed by atoms with Crippen molar-refractivity contribution in [2.75, 3.05) is 32.6 Å². The Balaban J connectivity index is 2.99. The summed E-state index contributed by atoms with van der Waals surface area (Å²) in [5.74, 6) is -1.12. The van der Waals surface area contributed by atoms with Gasteiger partial charge in [0.1, 0.15) is 0 Å². The van der Waals surface area contributed by atoms with Crippen LogP contribution in [0, 0.1) is 10.1 Å². The Hall–Kier alpha value is -2.71. The molecular weight excluding hydrogens is 280 g/mol. The topological polar surface area (TPSA) is 115 Å². The number of nitrogens with one attached hydrogen (secondary N) is 1. The Morgan fingerprint density at radius 3 is 2.67 bits per heavy atom. The van der Waals surface area contributed by atoms with E-state index in [0.29, 0.717) is 6.54 Å². The predicted octanol–water partition coefficient (Wildman–Crippen LogP) is 0.667. The van der Waals surface area contributed by atoms with Crippen molar-refractivity contribution in [2.24, 2.45) is 0 Å². The number of aromatic nitrogens is 1. The van der Waals surface area contributed by atoms with Gasteiger partial charge in [-0.25, -0.2) is 9.78 Å². The smallest absolute Gasteiger partial charge is 0.356 e. The highest BCUT2D eigenvalue weighted by Gasteiger charge is 2.20. The zero-order valence-electron chi connectivity index (χ0n) is 12.0. The molecule has 0 aliphatic heterocycles. The van der Waals surface area contributed by atoms with Crippen LogP contribution in [0.1, 0.15) is 17.4 Å². The minimum Gasteiger partial charge on any atom is -0.464 e. The standard InChI is InChI=1S/C12H16N4O5/c1-4-15(2)10(17)7-13-11-9(16(19)20)6-5-8(14-11)12(18)21-3/h5-6H,4,7H2,1-3H3,(H,13,14). The number of methoxy groups -OCH3 is 1. The summed E-state index contributed by atoms with van der Waals surface area (Å²) in [6, 6.07) is 2.32.